The fraction of sp³-hybridized carbons (Fsp3) is 0.0833. The summed E-state index contributed by atoms with van der Waals surface area (Å²) >= 11 is 12.0. The molecular formula is C12H9Cl2NO. The molecule has 1 aromatic carbocycles. The monoisotopic (exact) mass is 253 g/mol. The molecule has 2 rings (SSSR count). The van der Waals surface area contributed by atoms with Gasteiger partial charge < -0.3 is 4.74 Å². The Bertz CT molecular complexity index is 514. The van der Waals surface area contributed by atoms with Gasteiger partial charge in [0.05, 0.1) is 12.1 Å². The van der Waals surface area contributed by atoms with E-state index < -0.39 is 0 Å². The van der Waals surface area contributed by atoms with Gasteiger partial charge in [-0.2, -0.15) is 0 Å². The molecule has 16 heavy (non-hydrogen) atoms. The summed E-state index contributed by atoms with van der Waals surface area (Å²) in [7, 11) is 1.60. The first-order valence-electron chi connectivity index (χ1n) is 4.67. The third kappa shape index (κ3) is 2.13. The molecule has 0 aliphatic rings. The SMILES string of the molecule is COc1cccnc1-c1ccc(Cl)cc1Cl. The van der Waals surface area contributed by atoms with E-state index >= 15 is 0 Å². The lowest BCUT2D eigenvalue weighted by molar-refractivity contribution is 0.415. The van der Waals surface area contributed by atoms with Gasteiger partial charge in [0.2, 0.25) is 0 Å². The molecule has 2 nitrogen and oxygen atoms in total. The maximum Gasteiger partial charge on any atom is 0.145 e. The van der Waals surface area contributed by atoms with Gasteiger partial charge in [0.25, 0.3) is 0 Å². The Labute approximate surface area is 104 Å². The van der Waals surface area contributed by atoms with E-state index in [1.807, 2.05) is 18.2 Å². The quantitative estimate of drug-likeness (QED) is 0.806. The smallest absolute Gasteiger partial charge is 0.145 e. The molecule has 0 fully saturated rings. The summed E-state index contributed by atoms with van der Waals surface area (Å²) in [5.41, 5.74) is 1.52. The molecular weight excluding hydrogens is 245 g/mol. The zero-order valence-electron chi connectivity index (χ0n) is 8.58. The van der Waals surface area contributed by atoms with Gasteiger partial charge in [0, 0.05) is 16.8 Å². The highest BCUT2D eigenvalue weighted by Gasteiger charge is 2.10. The maximum atomic E-state index is 6.11. The Morgan fingerprint density at radius 1 is 1.19 bits per heavy atom. The molecule has 0 atom stereocenters. The first-order valence-corrected chi connectivity index (χ1v) is 5.42. The van der Waals surface area contributed by atoms with Gasteiger partial charge in [-0.25, -0.2) is 0 Å². The lowest BCUT2D eigenvalue weighted by atomic mass is 10.1. The fourth-order valence-corrected chi connectivity index (χ4v) is 1.94. The summed E-state index contributed by atoms with van der Waals surface area (Å²) in [4.78, 5) is 4.26. The van der Waals surface area contributed by atoms with Crippen molar-refractivity contribution >= 4 is 23.2 Å². The number of methoxy groups -OCH3 is 1. The van der Waals surface area contributed by atoms with E-state index in [0.717, 1.165) is 5.56 Å². The maximum absolute atomic E-state index is 6.11. The van der Waals surface area contributed by atoms with E-state index in [0.29, 0.717) is 21.5 Å². The van der Waals surface area contributed by atoms with Crippen LogP contribution in [0.15, 0.2) is 36.5 Å². The number of rotatable bonds is 2. The second kappa shape index (κ2) is 4.73. The third-order valence-corrected chi connectivity index (χ3v) is 2.72. The lowest BCUT2D eigenvalue weighted by Crippen LogP contribution is -1.91. The molecule has 0 radical (unpaired) electrons. The zero-order chi connectivity index (χ0) is 11.5. The summed E-state index contributed by atoms with van der Waals surface area (Å²) in [6.07, 6.45) is 1.70. The average Bonchev–Trinajstić information content (AvgIpc) is 2.29. The molecule has 2 aromatic rings. The summed E-state index contributed by atoms with van der Waals surface area (Å²) in [6.45, 7) is 0. The minimum atomic E-state index is 0.560. The molecule has 0 spiro atoms. The standard InChI is InChI=1S/C12H9Cl2NO/c1-16-11-3-2-6-15-12(11)9-5-4-8(13)7-10(9)14/h2-7H,1H3. The molecule has 82 valence electrons. The van der Waals surface area contributed by atoms with Crippen molar-refractivity contribution in [3.05, 3.63) is 46.6 Å². The van der Waals surface area contributed by atoms with Crippen molar-refractivity contribution in [3.8, 4) is 17.0 Å². The highest BCUT2D eigenvalue weighted by Crippen LogP contribution is 2.34. The van der Waals surface area contributed by atoms with Gasteiger partial charge in [-0.05, 0) is 30.3 Å². The average molecular weight is 254 g/mol. The van der Waals surface area contributed by atoms with Crippen molar-refractivity contribution in [2.45, 2.75) is 0 Å². The van der Waals surface area contributed by atoms with Crippen molar-refractivity contribution in [2.75, 3.05) is 7.11 Å². The van der Waals surface area contributed by atoms with E-state index in [2.05, 4.69) is 4.98 Å². The van der Waals surface area contributed by atoms with Gasteiger partial charge in [-0.3, -0.25) is 4.98 Å². The Balaban J connectivity index is 2.58. The van der Waals surface area contributed by atoms with Crippen LogP contribution in [0.4, 0.5) is 0 Å². The molecule has 0 aliphatic heterocycles. The van der Waals surface area contributed by atoms with Gasteiger partial charge >= 0.3 is 0 Å². The molecule has 1 aromatic heterocycles. The Morgan fingerprint density at radius 2 is 2.00 bits per heavy atom. The first kappa shape index (κ1) is 11.2. The summed E-state index contributed by atoms with van der Waals surface area (Å²) in [5.74, 6) is 0.687. The lowest BCUT2D eigenvalue weighted by Gasteiger charge is -2.08. The number of ether oxygens (including phenoxy) is 1. The Kier molecular flexibility index (Phi) is 3.32. The number of halogens is 2. The highest BCUT2D eigenvalue weighted by molar-refractivity contribution is 6.36. The largest absolute Gasteiger partial charge is 0.494 e. The van der Waals surface area contributed by atoms with Gasteiger partial charge in [-0.15, -0.1) is 0 Å². The van der Waals surface area contributed by atoms with E-state index in [1.54, 1.807) is 25.4 Å². The van der Waals surface area contributed by atoms with Crippen LogP contribution in [0.1, 0.15) is 0 Å². The molecule has 0 bridgehead atoms. The van der Waals surface area contributed by atoms with E-state index in [9.17, 15) is 0 Å². The van der Waals surface area contributed by atoms with Crippen LogP contribution in [0, 0.1) is 0 Å². The van der Waals surface area contributed by atoms with Crippen LogP contribution in [0.5, 0.6) is 5.75 Å². The molecule has 0 amide bonds. The molecule has 4 heteroatoms. The second-order valence-electron chi connectivity index (χ2n) is 3.18. The zero-order valence-corrected chi connectivity index (χ0v) is 10.1. The van der Waals surface area contributed by atoms with Crippen LogP contribution in [-0.4, -0.2) is 12.1 Å². The van der Waals surface area contributed by atoms with Crippen LogP contribution in [-0.2, 0) is 0 Å². The van der Waals surface area contributed by atoms with Crippen molar-refractivity contribution in [1.82, 2.24) is 4.98 Å². The normalized spacial score (nSPS) is 10.2. The minimum Gasteiger partial charge on any atom is -0.494 e. The molecule has 0 aliphatic carbocycles. The predicted octanol–water partition coefficient (Wildman–Crippen LogP) is 4.06. The number of hydrogen-bond acceptors (Lipinski definition) is 2. The summed E-state index contributed by atoms with van der Waals surface area (Å²) < 4.78 is 5.23. The Hall–Kier alpha value is -1.25. The molecule has 0 N–H and O–H groups in total. The molecule has 0 saturated heterocycles. The molecule has 0 unspecified atom stereocenters. The van der Waals surface area contributed by atoms with Crippen LogP contribution in [0.2, 0.25) is 10.0 Å². The first-order chi connectivity index (χ1) is 7.72. The van der Waals surface area contributed by atoms with Gasteiger partial charge in [0.15, 0.2) is 0 Å². The van der Waals surface area contributed by atoms with E-state index in [-0.39, 0.29) is 0 Å². The van der Waals surface area contributed by atoms with Crippen molar-refractivity contribution in [3.63, 3.8) is 0 Å². The van der Waals surface area contributed by atoms with Gasteiger partial charge in [0.1, 0.15) is 11.4 Å². The minimum absolute atomic E-state index is 0.560. The van der Waals surface area contributed by atoms with E-state index in [4.69, 9.17) is 27.9 Å². The summed E-state index contributed by atoms with van der Waals surface area (Å²) in [6, 6.07) is 8.94. The van der Waals surface area contributed by atoms with Crippen LogP contribution >= 0.6 is 23.2 Å². The van der Waals surface area contributed by atoms with Crippen molar-refractivity contribution < 1.29 is 4.74 Å². The molecule has 1 heterocycles. The van der Waals surface area contributed by atoms with E-state index in [1.165, 1.54) is 0 Å². The Morgan fingerprint density at radius 3 is 2.69 bits per heavy atom. The van der Waals surface area contributed by atoms with Crippen LogP contribution in [0.3, 0.4) is 0 Å². The summed E-state index contributed by atoms with van der Waals surface area (Å²) in [5, 5.41) is 1.16. The third-order valence-electron chi connectivity index (χ3n) is 2.18. The van der Waals surface area contributed by atoms with Gasteiger partial charge in [-0.1, -0.05) is 23.2 Å². The number of nitrogens with zero attached hydrogens (tertiary/aromatic N) is 1. The number of aromatic nitrogens is 1. The van der Waals surface area contributed by atoms with Crippen LogP contribution < -0.4 is 4.74 Å². The topological polar surface area (TPSA) is 22.1 Å². The number of hydrogen-bond donors (Lipinski definition) is 0. The van der Waals surface area contributed by atoms with Crippen LogP contribution in [0.25, 0.3) is 11.3 Å². The highest BCUT2D eigenvalue weighted by atomic mass is 35.5. The van der Waals surface area contributed by atoms with Crippen molar-refractivity contribution in [1.29, 1.82) is 0 Å². The fourth-order valence-electron chi connectivity index (χ4n) is 1.44. The number of pyridine rings is 1. The second-order valence-corrected chi connectivity index (χ2v) is 4.02. The van der Waals surface area contributed by atoms with Crippen molar-refractivity contribution in [2.24, 2.45) is 0 Å². The molecule has 0 saturated carbocycles. The predicted molar refractivity (Wildman–Crippen MR) is 66.2 cm³/mol. The number of benzene rings is 1.